The van der Waals surface area contributed by atoms with E-state index < -0.39 is 0 Å². The molecule has 0 aliphatic carbocycles. The van der Waals surface area contributed by atoms with E-state index in [1.165, 1.54) is 11.1 Å². The molecule has 3 heteroatoms. The largest absolute Gasteiger partial charge is 0.320 e. The molecule has 0 bridgehead atoms. The fourth-order valence-electron chi connectivity index (χ4n) is 1.73. The van der Waals surface area contributed by atoms with Crippen molar-refractivity contribution in [1.29, 1.82) is 0 Å². The highest BCUT2D eigenvalue weighted by Gasteiger charge is 2.00. The van der Waals surface area contributed by atoms with E-state index in [9.17, 15) is 0 Å². The number of thioether (sulfide) groups is 1. The minimum atomic E-state index is 0.398. The van der Waals surface area contributed by atoms with E-state index >= 15 is 0 Å². The summed E-state index contributed by atoms with van der Waals surface area (Å²) in [6, 6.07) is 16.3. The van der Waals surface area contributed by atoms with Crippen LogP contribution in [0.15, 0.2) is 48.5 Å². The maximum absolute atomic E-state index is 6.14. The quantitative estimate of drug-likeness (QED) is 0.861. The Hall–Kier alpha value is -1.40. The van der Waals surface area contributed by atoms with E-state index in [1.54, 1.807) is 0 Å². The molecule has 0 aliphatic rings. The van der Waals surface area contributed by atoms with Gasteiger partial charge in [0, 0.05) is 22.1 Å². The highest BCUT2D eigenvalue weighted by Crippen LogP contribution is 2.23. The lowest BCUT2D eigenvalue weighted by Gasteiger charge is -2.04. The van der Waals surface area contributed by atoms with E-state index in [-0.39, 0.29) is 0 Å². The smallest absolute Gasteiger partial charge is 0.0555 e. The first-order chi connectivity index (χ1) is 9.79. The van der Waals surface area contributed by atoms with Gasteiger partial charge in [-0.25, -0.2) is 0 Å². The van der Waals surface area contributed by atoms with Gasteiger partial charge >= 0.3 is 0 Å². The van der Waals surface area contributed by atoms with Crippen LogP contribution in [0.25, 0.3) is 0 Å². The average Bonchev–Trinajstić information content (AvgIpc) is 2.48. The van der Waals surface area contributed by atoms with Crippen LogP contribution in [-0.4, -0.2) is 6.54 Å². The lowest BCUT2D eigenvalue weighted by molar-refractivity contribution is 1.30. The van der Waals surface area contributed by atoms with E-state index in [0.29, 0.717) is 6.54 Å². The highest BCUT2D eigenvalue weighted by molar-refractivity contribution is 7.97. The molecular formula is C17H16ClNS. The first-order valence-corrected chi connectivity index (χ1v) is 7.92. The maximum Gasteiger partial charge on any atom is 0.0555 e. The lowest BCUT2D eigenvalue weighted by Crippen LogP contribution is -1.93. The Kier molecular flexibility index (Phi) is 6.01. The van der Waals surface area contributed by atoms with E-state index in [1.807, 2.05) is 42.1 Å². The molecule has 102 valence electrons. The Bertz CT molecular complexity index is 611. The minimum Gasteiger partial charge on any atom is -0.320 e. The second kappa shape index (κ2) is 8.01. The molecule has 0 aromatic heterocycles. The van der Waals surface area contributed by atoms with Gasteiger partial charge < -0.3 is 5.73 Å². The number of halogens is 1. The normalized spacial score (nSPS) is 9.90. The van der Waals surface area contributed by atoms with Crippen molar-refractivity contribution in [3.05, 3.63) is 70.2 Å². The molecule has 0 aliphatic heterocycles. The van der Waals surface area contributed by atoms with Crippen LogP contribution in [0.1, 0.15) is 16.7 Å². The highest BCUT2D eigenvalue weighted by atomic mass is 35.5. The van der Waals surface area contributed by atoms with Crippen molar-refractivity contribution in [3.8, 4) is 11.8 Å². The Labute approximate surface area is 129 Å². The third-order valence-corrected chi connectivity index (χ3v) is 4.19. The molecule has 20 heavy (non-hydrogen) atoms. The van der Waals surface area contributed by atoms with Crippen molar-refractivity contribution in [2.45, 2.75) is 11.5 Å². The zero-order chi connectivity index (χ0) is 14.2. The summed E-state index contributed by atoms with van der Waals surface area (Å²) in [6.45, 7) is 0.398. The van der Waals surface area contributed by atoms with Crippen LogP contribution < -0.4 is 5.73 Å². The first kappa shape index (κ1) is 15.0. The van der Waals surface area contributed by atoms with Gasteiger partial charge in [0.1, 0.15) is 0 Å². The SMILES string of the molecule is NCC#Cc1ccc(CSCc2ccccc2Cl)cc1. The van der Waals surface area contributed by atoms with Crippen LogP contribution >= 0.6 is 23.4 Å². The standard InChI is InChI=1S/C17H16ClNS/c18-17-6-2-1-5-16(17)13-20-12-15-9-7-14(8-10-15)4-3-11-19/h1-2,5-10H,11-13,19H2. The van der Waals surface area contributed by atoms with Crippen LogP contribution in [0.3, 0.4) is 0 Å². The number of hydrogen-bond acceptors (Lipinski definition) is 2. The van der Waals surface area contributed by atoms with Gasteiger partial charge in [0.15, 0.2) is 0 Å². The fraction of sp³-hybridized carbons (Fsp3) is 0.176. The molecule has 0 saturated heterocycles. The lowest BCUT2D eigenvalue weighted by atomic mass is 10.1. The zero-order valence-corrected chi connectivity index (χ0v) is 12.7. The summed E-state index contributed by atoms with van der Waals surface area (Å²) in [5, 5.41) is 0.840. The van der Waals surface area contributed by atoms with Gasteiger partial charge in [-0.05, 0) is 29.3 Å². The fourth-order valence-corrected chi connectivity index (χ4v) is 3.02. The predicted molar refractivity (Wildman–Crippen MR) is 88.8 cm³/mol. The van der Waals surface area contributed by atoms with Crippen molar-refractivity contribution in [2.24, 2.45) is 5.73 Å². The van der Waals surface area contributed by atoms with Crippen LogP contribution in [-0.2, 0) is 11.5 Å². The second-order valence-electron chi connectivity index (χ2n) is 4.29. The molecule has 0 fully saturated rings. The van der Waals surface area contributed by atoms with Crippen molar-refractivity contribution < 1.29 is 0 Å². The first-order valence-electron chi connectivity index (χ1n) is 6.38. The average molecular weight is 302 g/mol. The van der Waals surface area contributed by atoms with Crippen molar-refractivity contribution in [2.75, 3.05) is 6.54 Å². The third kappa shape index (κ3) is 4.61. The molecule has 0 atom stereocenters. The van der Waals surface area contributed by atoms with Crippen molar-refractivity contribution in [3.63, 3.8) is 0 Å². The van der Waals surface area contributed by atoms with Crippen LogP contribution in [0.2, 0.25) is 5.02 Å². The summed E-state index contributed by atoms with van der Waals surface area (Å²) in [4.78, 5) is 0. The molecule has 2 aromatic rings. The Morgan fingerprint density at radius 1 is 1.00 bits per heavy atom. The van der Waals surface area contributed by atoms with Gasteiger partial charge in [-0.2, -0.15) is 11.8 Å². The van der Waals surface area contributed by atoms with Crippen molar-refractivity contribution in [1.82, 2.24) is 0 Å². The van der Waals surface area contributed by atoms with Crippen LogP contribution in [0.4, 0.5) is 0 Å². The number of benzene rings is 2. The number of hydrogen-bond donors (Lipinski definition) is 1. The Balaban J connectivity index is 1.87. The molecule has 2 rings (SSSR count). The maximum atomic E-state index is 6.14. The predicted octanol–water partition coefficient (Wildman–Crippen LogP) is 4.08. The molecule has 0 saturated carbocycles. The summed E-state index contributed by atoms with van der Waals surface area (Å²) in [6.07, 6.45) is 0. The molecule has 2 aromatic carbocycles. The van der Waals surface area contributed by atoms with Gasteiger partial charge in [-0.15, -0.1) is 0 Å². The molecule has 0 spiro atoms. The minimum absolute atomic E-state index is 0.398. The van der Waals surface area contributed by atoms with Crippen molar-refractivity contribution >= 4 is 23.4 Å². The molecule has 0 radical (unpaired) electrons. The second-order valence-corrected chi connectivity index (χ2v) is 5.68. The third-order valence-electron chi connectivity index (χ3n) is 2.77. The number of rotatable bonds is 4. The number of nitrogens with two attached hydrogens (primary N) is 1. The van der Waals surface area contributed by atoms with Crippen LogP contribution in [0, 0.1) is 11.8 Å². The zero-order valence-electron chi connectivity index (χ0n) is 11.1. The molecule has 2 N–H and O–H groups in total. The molecule has 1 nitrogen and oxygen atoms in total. The van der Waals surface area contributed by atoms with Gasteiger partial charge in [0.05, 0.1) is 6.54 Å². The molecule has 0 amide bonds. The summed E-state index contributed by atoms with van der Waals surface area (Å²) in [5.41, 5.74) is 8.84. The van der Waals surface area contributed by atoms with Crippen LogP contribution in [0.5, 0.6) is 0 Å². The molecular weight excluding hydrogens is 286 g/mol. The summed E-state index contributed by atoms with van der Waals surface area (Å²) in [7, 11) is 0. The van der Waals surface area contributed by atoms with Gasteiger partial charge in [-0.1, -0.05) is 53.8 Å². The summed E-state index contributed by atoms with van der Waals surface area (Å²) >= 11 is 7.99. The van der Waals surface area contributed by atoms with Gasteiger partial charge in [0.2, 0.25) is 0 Å². The summed E-state index contributed by atoms with van der Waals surface area (Å²) < 4.78 is 0. The monoisotopic (exact) mass is 301 g/mol. The molecule has 0 unspecified atom stereocenters. The summed E-state index contributed by atoms with van der Waals surface area (Å²) in [5.74, 6) is 7.77. The van der Waals surface area contributed by atoms with Gasteiger partial charge in [0.25, 0.3) is 0 Å². The Morgan fingerprint density at radius 3 is 2.45 bits per heavy atom. The van der Waals surface area contributed by atoms with E-state index in [4.69, 9.17) is 17.3 Å². The Morgan fingerprint density at radius 2 is 1.75 bits per heavy atom. The topological polar surface area (TPSA) is 26.0 Å². The van der Waals surface area contributed by atoms with Gasteiger partial charge in [-0.3, -0.25) is 0 Å². The molecule has 0 heterocycles. The van der Waals surface area contributed by atoms with E-state index in [0.717, 1.165) is 22.1 Å². The van der Waals surface area contributed by atoms with E-state index in [2.05, 4.69) is 30.0 Å².